The van der Waals surface area contributed by atoms with Crippen molar-refractivity contribution in [3.8, 4) is 0 Å². The van der Waals surface area contributed by atoms with Crippen LogP contribution in [0.25, 0.3) is 0 Å². The monoisotopic (exact) mass is 646 g/mol. The summed E-state index contributed by atoms with van der Waals surface area (Å²) in [4.78, 5) is 14.2. The van der Waals surface area contributed by atoms with Crippen molar-refractivity contribution in [2.24, 2.45) is 56.7 Å². The number of ether oxygens (including phenoxy) is 1. The summed E-state index contributed by atoms with van der Waals surface area (Å²) in [6.45, 7) is 18.0. The summed E-state index contributed by atoms with van der Waals surface area (Å²) in [5.74, 6) is 2.78. The fourth-order valence-electron chi connectivity index (χ4n) is 12.0. The van der Waals surface area contributed by atoms with Gasteiger partial charge in [0.05, 0.1) is 18.1 Å². The molecule has 0 aromatic carbocycles. The van der Waals surface area contributed by atoms with Gasteiger partial charge in [0.2, 0.25) is 0 Å². The van der Waals surface area contributed by atoms with E-state index >= 15 is 0 Å². The maximum atomic E-state index is 14.2. The van der Waals surface area contributed by atoms with Crippen LogP contribution in [0.15, 0.2) is 11.6 Å². The van der Waals surface area contributed by atoms with Crippen molar-refractivity contribution in [3.63, 3.8) is 0 Å². The minimum absolute atomic E-state index is 0.0222. The van der Waals surface area contributed by atoms with Crippen LogP contribution < -0.4 is 0 Å². The summed E-state index contributed by atoms with van der Waals surface area (Å²) in [6.07, 6.45) is 19.6. The maximum absolute atomic E-state index is 14.2. The molecule has 0 unspecified atom stereocenters. The molecule has 3 nitrogen and oxygen atoms in total. The normalized spacial score (nSPS) is 46.0. The van der Waals surface area contributed by atoms with E-state index in [2.05, 4.69) is 70.5 Å². The molecule has 0 radical (unpaired) electrons. The number of alkyl halides is 1. The first-order valence-corrected chi connectivity index (χ1v) is 19.0. The lowest BCUT2D eigenvalue weighted by Crippen LogP contribution is -2.65. The van der Waals surface area contributed by atoms with Crippen LogP contribution in [0.5, 0.6) is 0 Å². The number of fused-ring (bicyclic) bond motifs is 7. The molecule has 0 amide bonds. The summed E-state index contributed by atoms with van der Waals surface area (Å²) >= 11 is 3.53. The van der Waals surface area contributed by atoms with E-state index in [4.69, 9.17) is 4.74 Å². The van der Waals surface area contributed by atoms with Crippen LogP contribution in [0, 0.1) is 56.7 Å². The fraction of sp³-hybridized carbons (Fsp3) is 0.921. The molecule has 5 aliphatic rings. The molecule has 10 atom stereocenters. The molecule has 0 aliphatic heterocycles. The summed E-state index contributed by atoms with van der Waals surface area (Å²) in [5.41, 5.74) is 1.88. The van der Waals surface area contributed by atoms with E-state index in [1.165, 1.54) is 38.5 Å². The van der Waals surface area contributed by atoms with Crippen molar-refractivity contribution in [2.45, 2.75) is 151 Å². The molecule has 5 rings (SSSR count). The molecule has 42 heavy (non-hydrogen) atoms. The van der Waals surface area contributed by atoms with Gasteiger partial charge in [0.15, 0.2) is 0 Å². The molecule has 240 valence electrons. The highest BCUT2D eigenvalue weighted by atomic mass is 79.9. The molecule has 1 N–H and O–H groups in total. The minimum atomic E-state index is -0.339. The van der Waals surface area contributed by atoms with Crippen molar-refractivity contribution in [2.75, 3.05) is 11.9 Å². The number of carbonyl (C=O) groups is 1. The third-order valence-corrected chi connectivity index (χ3v) is 15.7. The molecule has 0 heterocycles. The van der Waals surface area contributed by atoms with Crippen LogP contribution in [0.2, 0.25) is 0 Å². The Bertz CT molecular complexity index is 1020. The lowest BCUT2D eigenvalue weighted by molar-refractivity contribution is -0.207. The first-order chi connectivity index (χ1) is 19.8. The van der Waals surface area contributed by atoms with Gasteiger partial charge in [-0.1, -0.05) is 102 Å². The SMILES string of the molecule is C[C@H]1[C@H](C)CC[C@]2(C(=O)OCCCCCCCCBr)CC[C@]3(C)C(=CC[C@@H]4[C@@]5(C)CC[C@H](O)C(C)(C)[C@@H]5CC[C@]43C)[C@H]12. The molecule has 4 heteroatoms. The Kier molecular flexibility index (Phi) is 9.52. The van der Waals surface area contributed by atoms with Gasteiger partial charge in [-0.05, 0) is 122 Å². The maximum Gasteiger partial charge on any atom is 0.312 e. The van der Waals surface area contributed by atoms with Gasteiger partial charge in [-0.3, -0.25) is 4.79 Å². The standard InChI is InChI=1S/C38H63BrO3/c1-26-16-21-38(33(41)42-25-13-11-9-8-10-12-24-39)23-22-36(6)28(32(38)27(26)2)14-15-30-35(5)19-18-31(40)34(3,4)29(35)17-20-37(30,36)7/h14,26-27,29-32,40H,8-13,15-25H2,1-7H3/t26-,27+,29+,30-,31+,32+,35+,36-,37-,38+/m1/s1. The Morgan fingerprint density at radius 2 is 1.57 bits per heavy atom. The van der Waals surface area contributed by atoms with Crippen molar-refractivity contribution in [1.82, 2.24) is 0 Å². The van der Waals surface area contributed by atoms with Gasteiger partial charge >= 0.3 is 5.97 Å². The quantitative estimate of drug-likeness (QED) is 0.117. The van der Waals surface area contributed by atoms with Gasteiger partial charge in [0.1, 0.15) is 0 Å². The summed E-state index contributed by atoms with van der Waals surface area (Å²) in [7, 11) is 0. The predicted molar refractivity (Wildman–Crippen MR) is 177 cm³/mol. The molecular weight excluding hydrogens is 584 g/mol. The van der Waals surface area contributed by atoms with Gasteiger partial charge in [-0.25, -0.2) is 0 Å². The lowest BCUT2D eigenvalue weighted by Gasteiger charge is -2.71. The number of aliphatic hydroxyl groups is 1. The summed E-state index contributed by atoms with van der Waals surface area (Å²) < 4.78 is 6.22. The van der Waals surface area contributed by atoms with E-state index in [-0.39, 0.29) is 39.1 Å². The number of hydrogen-bond acceptors (Lipinski definition) is 3. The zero-order valence-electron chi connectivity index (χ0n) is 28.2. The van der Waals surface area contributed by atoms with E-state index in [1.54, 1.807) is 5.57 Å². The first-order valence-electron chi connectivity index (χ1n) is 17.9. The number of hydrogen-bond donors (Lipinski definition) is 1. The number of carbonyl (C=O) groups excluding carboxylic acids is 1. The molecule has 0 aromatic rings. The second-order valence-corrected chi connectivity index (χ2v) is 17.9. The predicted octanol–water partition coefficient (Wildman–Crippen LogP) is 10.3. The van der Waals surface area contributed by atoms with Gasteiger partial charge in [-0.2, -0.15) is 0 Å². The average Bonchev–Trinajstić information content (AvgIpc) is 2.94. The molecule has 4 fully saturated rings. The zero-order valence-corrected chi connectivity index (χ0v) is 29.8. The zero-order chi connectivity index (χ0) is 30.6. The van der Waals surface area contributed by atoms with Gasteiger partial charge in [0.25, 0.3) is 0 Å². The van der Waals surface area contributed by atoms with Crippen molar-refractivity contribution in [1.29, 1.82) is 0 Å². The molecule has 0 aromatic heterocycles. The van der Waals surface area contributed by atoms with Crippen molar-refractivity contribution < 1.29 is 14.6 Å². The minimum Gasteiger partial charge on any atom is -0.465 e. The highest BCUT2D eigenvalue weighted by molar-refractivity contribution is 9.09. The third kappa shape index (κ3) is 5.02. The summed E-state index contributed by atoms with van der Waals surface area (Å²) in [6, 6.07) is 0. The van der Waals surface area contributed by atoms with Crippen LogP contribution in [0.4, 0.5) is 0 Å². The lowest BCUT2D eigenvalue weighted by atomic mass is 9.33. The largest absolute Gasteiger partial charge is 0.465 e. The van der Waals surface area contributed by atoms with Crippen LogP contribution in [0.3, 0.4) is 0 Å². The Hall–Kier alpha value is -0.350. The highest BCUT2D eigenvalue weighted by Gasteiger charge is 2.69. The fourth-order valence-corrected chi connectivity index (χ4v) is 12.4. The van der Waals surface area contributed by atoms with E-state index in [0.717, 1.165) is 63.1 Å². The van der Waals surface area contributed by atoms with Crippen LogP contribution in [0.1, 0.15) is 145 Å². The second-order valence-electron chi connectivity index (χ2n) is 17.1. The third-order valence-electron chi connectivity index (χ3n) is 15.1. The van der Waals surface area contributed by atoms with E-state index in [1.807, 2.05) is 0 Å². The van der Waals surface area contributed by atoms with E-state index in [9.17, 15) is 9.90 Å². The van der Waals surface area contributed by atoms with Gasteiger partial charge < -0.3 is 9.84 Å². The molecule has 0 spiro atoms. The van der Waals surface area contributed by atoms with Gasteiger partial charge in [0, 0.05) is 5.33 Å². The Balaban J connectivity index is 1.39. The van der Waals surface area contributed by atoms with E-state index < -0.39 is 0 Å². The number of halogens is 1. The number of rotatable bonds is 9. The number of esters is 1. The van der Waals surface area contributed by atoms with Crippen molar-refractivity contribution >= 4 is 21.9 Å². The molecule has 0 saturated heterocycles. The molecule has 0 bridgehead atoms. The van der Waals surface area contributed by atoms with Gasteiger partial charge in [-0.15, -0.1) is 0 Å². The Morgan fingerprint density at radius 1 is 0.881 bits per heavy atom. The summed E-state index contributed by atoms with van der Waals surface area (Å²) in [5, 5.41) is 12.1. The Labute approximate surface area is 266 Å². The molecular formula is C38H63BrO3. The van der Waals surface area contributed by atoms with Crippen LogP contribution in [-0.2, 0) is 9.53 Å². The van der Waals surface area contributed by atoms with Crippen LogP contribution >= 0.6 is 15.9 Å². The van der Waals surface area contributed by atoms with E-state index in [0.29, 0.717) is 36.2 Å². The number of aliphatic hydroxyl groups excluding tert-OH is 1. The smallest absolute Gasteiger partial charge is 0.312 e. The number of allylic oxidation sites excluding steroid dienone is 2. The second kappa shape index (κ2) is 12.1. The molecule has 5 aliphatic carbocycles. The highest BCUT2D eigenvalue weighted by Crippen LogP contribution is 2.75. The van der Waals surface area contributed by atoms with Crippen LogP contribution in [-0.4, -0.2) is 29.1 Å². The average molecular weight is 648 g/mol. The number of unbranched alkanes of at least 4 members (excludes halogenated alkanes) is 5. The Morgan fingerprint density at radius 3 is 2.29 bits per heavy atom. The van der Waals surface area contributed by atoms with Crippen molar-refractivity contribution in [3.05, 3.63) is 11.6 Å². The molecule has 4 saturated carbocycles. The first kappa shape index (κ1) is 33.0. The topological polar surface area (TPSA) is 46.5 Å².